The van der Waals surface area contributed by atoms with Gasteiger partial charge in [-0.25, -0.2) is 4.98 Å². The summed E-state index contributed by atoms with van der Waals surface area (Å²) < 4.78 is 76.7. The van der Waals surface area contributed by atoms with E-state index in [1.807, 2.05) is 0 Å². The Bertz CT molecular complexity index is 1030. The van der Waals surface area contributed by atoms with Crippen LogP contribution in [-0.2, 0) is 23.6 Å². The van der Waals surface area contributed by atoms with E-state index < -0.39 is 29.4 Å². The number of hydrogen-bond donors (Lipinski definition) is 2. The molecule has 0 aliphatic heterocycles. The molecule has 158 valence electrons. The van der Waals surface area contributed by atoms with Crippen molar-refractivity contribution >= 4 is 22.9 Å². The second-order valence-corrected chi connectivity index (χ2v) is 6.97. The number of hydrogen-bond acceptors (Lipinski definition) is 4. The molecule has 0 radical (unpaired) electrons. The molecule has 11 heteroatoms. The molecule has 2 N–H and O–H groups in total. The minimum atomic E-state index is -4.58. The zero-order chi connectivity index (χ0) is 21.9. The molecule has 0 fully saturated rings. The average molecular weight is 445 g/mol. The number of aromatic nitrogens is 1. The van der Waals surface area contributed by atoms with Crippen LogP contribution in [0.2, 0.25) is 0 Å². The molecule has 4 nitrogen and oxygen atoms in total. The monoisotopic (exact) mass is 445 g/mol. The molecule has 0 unspecified atom stereocenters. The van der Waals surface area contributed by atoms with Gasteiger partial charge in [0.15, 0.2) is 0 Å². The van der Waals surface area contributed by atoms with Crippen molar-refractivity contribution in [3.63, 3.8) is 0 Å². The Kier molecular flexibility index (Phi) is 6.01. The van der Waals surface area contributed by atoms with Crippen LogP contribution in [0.3, 0.4) is 0 Å². The van der Waals surface area contributed by atoms with Crippen molar-refractivity contribution < 1.29 is 31.1 Å². The number of nitrogens with one attached hydrogen (secondary N) is 2. The third kappa shape index (κ3) is 5.29. The number of amides is 1. The van der Waals surface area contributed by atoms with E-state index in [1.165, 1.54) is 30.3 Å². The summed E-state index contributed by atoms with van der Waals surface area (Å²) in [5.74, 6) is -0.628. The van der Waals surface area contributed by atoms with Crippen LogP contribution in [0.25, 0.3) is 10.6 Å². The van der Waals surface area contributed by atoms with Crippen molar-refractivity contribution in [1.82, 2.24) is 10.4 Å². The van der Waals surface area contributed by atoms with Crippen LogP contribution in [0.15, 0.2) is 53.9 Å². The summed E-state index contributed by atoms with van der Waals surface area (Å²) in [6.45, 7) is 0. The fourth-order valence-corrected chi connectivity index (χ4v) is 3.33. The maximum atomic E-state index is 13.0. The standard InChI is InChI=1S/C19H13F6N3OS/c20-18(21,22)12-7-5-11(6-8-12)17-26-13(10-30-17)9-16(29)28-27-15-4-2-1-3-14(15)19(23,24)25/h1-8,10,27H,9H2,(H,28,29). The number of para-hydroxylation sites is 1. The van der Waals surface area contributed by atoms with Gasteiger partial charge < -0.3 is 0 Å². The molecule has 0 saturated heterocycles. The largest absolute Gasteiger partial charge is 0.418 e. The van der Waals surface area contributed by atoms with Crippen LogP contribution in [0, 0.1) is 0 Å². The summed E-state index contributed by atoms with van der Waals surface area (Å²) in [5, 5.41) is 1.97. The van der Waals surface area contributed by atoms with Gasteiger partial charge in [0.25, 0.3) is 0 Å². The highest BCUT2D eigenvalue weighted by molar-refractivity contribution is 7.13. The van der Waals surface area contributed by atoms with Crippen LogP contribution in [0.1, 0.15) is 16.8 Å². The molecule has 0 bridgehead atoms. The Morgan fingerprint density at radius 1 is 0.933 bits per heavy atom. The van der Waals surface area contributed by atoms with E-state index in [0.29, 0.717) is 16.3 Å². The van der Waals surface area contributed by atoms with Gasteiger partial charge in [0.2, 0.25) is 5.91 Å². The van der Waals surface area contributed by atoms with Gasteiger partial charge >= 0.3 is 12.4 Å². The number of rotatable bonds is 5. The van der Waals surface area contributed by atoms with Gasteiger partial charge in [0.1, 0.15) is 5.01 Å². The van der Waals surface area contributed by atoms with Gasteiger partial charge in [-0.3, -0.25) is 15.6 Å². The number of benzene rings is 2. The van der Waals surface area contributed by atoms with Crippen molar-refractivity contribution in [2.45, 2.75) is 18.8 Å². The highest BCUT2D eigenvalue weighted by Crippen LogP contribution is 2.34. The summed E-state index contributed by atoms with van der Waals surface area (Å²) >= 11 is 1.14. The van der Waals surface area contributed by atoms with Gasteiger partial charge in [0.05, 0.1) is 28.9 Å². The van der Waals surface area contributed by atoms with E-state index >= 15 is 0 Å². The number of carbonyl (C=O) groups is 1. The van der Waals surface area contributed by atoms with Gasteiger partial charge in [-0.05, 0) is 24.3 Å². The first-order valence-corrected chi connectivity index (χ1v) is 9.25. The zero-order valence-electron chi connectivity index (χ0n) is 14.9. The molecule has 0 spiro atoms. The van der Waals surface area contributed by atoms with Gasteiger partial charge in [-0.15, -0.1) is 11.3 Å². The fraction of sp³-hybridized carbons (Fsp3) is 0.158. The topological polar surface area (TPSA) is 54.0 Å². The molecule has 1 amide bonds. The molecule has 3 aromatic rings. The lowest BCUT2D eigenvalue weighted by atomic mass is 10.1. The second kappa shape index (κ2) is 8.34. The lowest BCUT2D eigenvalue weighted by Crippen LogP contribution is -2.31. The molecule has 0 atom stereocenters. The molecular formula is C19H13F6N3OS. The van der Waals surface area contributed by atoms with Crippen molar-refractivity contribution in [2.24, 2.45) is 0 Å². The van der Waals surface area contributed by atoms with Crippen LogP contribution in [0.5, 0.6) is 0 Å². The lowest BCUT2D eigenvalue weighted by molar-refractivity contribution is -0.138. The minimum Gasteiger partial charge on any atom is -0.298 e. The molecule has 0 aliphatic rings. The molecule has 1 heterocycles. The first-order valence-electron chi connectivity index (χ1n) is 8.37. The molecule has 2 aromatic carbocycles. The summed E-state index contributed by atoms with van der Waals surface area (Å²) in [6, 6.07) is 9.10. The van der Waals surface area contributed by atoms with Gasteiger partial charge in [-0.2, -0.15) is 26.3 Å². The lowest BCUT2D eigenvalue weighted by Gasteiger charge is -2.14. The molecule has 1 aromatic heterocycles. The van der Waals surface area contributed by atoms with E-state index in [9.17, 15) is 31.1 Å². The van der Waals surface area contributed by atoms with Crippen molar-refractivity contribution in [1.29, 1.82) is 0 Å². The van der Waals surface area contributed by atoms with E-state index in [-0.39, 0.29) is 12.1 Å². The van der Waals surface area contributed by atoms with E-state index in [0.717, 1.165) is 29.5 Å². The van der Waals surface area contributed by atoms with Crippen LogP contribution in [0.4, 0.5) is 32.0 Å². The number of anilines is 1. The maximum absolute atomic E-state index is 13.0. The molecule has 30 heavy (non-hydrogen) atoms. The maximum Gasteiger partial charge on any atom is 0.418 e. The number of nitrogens with zero attached hydrogens (tertiary/aromatic N) is 1. The number of alkyl halides is 6. The highest BCUT2D eigenvalue weighted by Gasteiger charge is 2.33. The Morgan fingerprint density at radius 3 is 2.23 bits per heavy atom. The fourth-order valence-electron chi connectivity index (χ4n) is 2.51. The van der Waals surface area contributed by atoms with E-state index in [1.54, 1.807) is 5.38 Å². The summed E-state index contributed by atoms with van der Waals surface area (Å²) in [7, 11) is 0. The van der Waals surface area contributed by atoms with Gasteiger partial charge in [0, 0.05) is 10.9 Å². The number of hydrazine groups is 1. The molecule has 0 saturated carbocycles. The number of carbonyl (C=O) groups excluding carboxylic acids is 1. The van der Waals surface area contributed by atoms with Crippen molar-refractivity contribution in [2.75, 3.05) is 5.43 Å². The van der Waals surface area contributed by atoms with Crippen LogP contribution >= 0.6 is 11.3 Å². The first-order chi connectivity index (χ1) is 14.0. The zero-order valence-corrected chi connectivity index (χ0v) is 15.8. The van der Waals surface area contributed by atoms with E-state index in [4.69, 9.17) is 0 Å². The third-order valence-electron chi connectivity index (χ3n) is 3.92. The summed E-state index contributed by atoms with van der Waals surface area (Å²) in [4.78, 5) is 16.2. The van der Waals surface area contributed by atoms with Crippen LogP contribution in [-0.4, -0.2) is 10.9 Å². The van der Waals surface area contributed by atoms with Crippen LogP contribution < -0.4 is 10.9 Å². The predicted octanol–water partition coefficient (Wildman–Crippen LogP) is 5.53. The molecular weight excluding hydrogens is 432 g/mol. The summed E-state index contributed by atoms with van der Waals surface area (Å²) in [6.07, 6.45) is -9.25. The first kappa shape index (κ1) is 21.6. The third-order valence-corrected chi connectivity index (χ3v) is 4.86. The minimum absolute atomic E-state index is 0.224. The Balaban J connectivity index is 1.62. The smallest absolute Gasteiger partial charge is 0.298 e. The van der Waals surface area contributed by atoms with Gasteiger partial charge in [-0.1, -0.05) is 24.3 Å². The van der Waals surface area contributed by atoms with Crippen molar-refractivity contribution in [3.8, 4) is 10.6 Å². The molecule has 0 aliphatic carbocycles. The number of halogens is 6. The highest BCUT2D eigenvalue weighted by atomic mass is 32.1. The van der Waals surface area contributed by atoms with E-state index in [2.05, 4.69) is 15.8 Å². The second-order valence-electron chi connectivity index (χ2n) is 6.11. The Hall–Kier alpha value is -3.08. The molecule has 3 rings (SSSR count). The number of thiazole rings is 1. The Morgan fingerprint density at radius 2 is 1.60 bits per heavy atom. The summed E-state index contributed by atoms with van der Waals surface area (Å²) in [5.41, 5.74) is 3.20. The Labute approximate surface area is 170 Å². The van der Waals surface area contributed by atoms with Crippen molar-refractivity contribution in [3.05, 3.63) is 70.7 Å². The normalized spacial score (nSPS) is 11.9. The SMILES string of the molecule is O=C(Cc1csc(-c2ccc(C(F)(F)F)cc2)n1)NNc1ccccc1C(F)(F)F. The quantitative estimate of drug-likeness (QED) is 0.401. The predicted molar refractivity (Wildman–Crippen MR) is 99.5 cm³/mol. The average Bonchev–Trinajstić information content (AvgIpc) is 3.14.